The average Bonchev–Trinajstić information content (AvgIpc) is 2.38. The lowest BCUT2D eigenvalue weighted by molar-refractivity contribution is 0.0902. The maximum absolute atomic E-state index is 9.83. The lowest BCUT2D eigenvalue weighted by atomic mass is 9.92. The number of ether oxygens (including phenoxy) is 1. The number of methoxy groups -OCH3 is 1. The number of pyridine rings is 1. The van der Waals surface area contributed by atoms with Gasteiger partial charge < -0.3 is 15.2 Å². The third kappa shape index (κ3) is 3.41. The molecule has 1 aromatic heterocycles. The normalized spacial score (nSPS) is 24.6. The Hall–Kier alpha value is -1.13. The second-order valence-corrected chi connectivity index (χ2v) is 4.55. The fraction of sp³-hybridized carbons (Fsp3) is 0.615. The van der Waals surface area contributed by atoms with Gasteiger partial charge >= 0.3 is 0 Å². The molecule has 1 aliphatic carbocycles. The van der Waals surface area contributed by atoms with Gasteiger partial charge in [-0.3, -0.25) is 0 Å². The van der Waals surface area contributed by atoms with E-state index in [-0.39, 0.29) is 12.1 Å². The Kier molecular flexibility index (Phi) is 4.34. The molecule has 0 aliphatic heterocycles. The molecule has 0 amide bonds. The summed E-state index contributed by atoms with van der Waals surface area (Å²) in [6.45, 7) is 0.749. The fourth-order valence-corrected chi connectivity index (χ4v) is 2.23. The molecular weight excluding hydrogens is 216 g/mol. The highest BCUT2D eigenvalue weighted by atomic mass is 16.5. The molecule has 1 heterocycles. The maximum atomic E-state index is 9.83. The van der Waals surface area contributed by atoms with E-state index in [9.17, 15) is 5.11 Å². The van der Waals surface area contributed by atoms with E-state index in [1.165, 1.54) is 6.42 Å². The molecule has 0 radical (unpaired) electrons. The molecule has 0 spiro atoms. The van der Waals surface area contributed by atoms with Crippen LogP contribution in [0.3, 0.4) is 0 Å². The van der Waals surface area contributed by atoms with Gasteiger partial charge in [-0.15, -0.1) is 0 Å². The molecule has 1 aromatic rings. The van der Waals surface area contributed by atoms with Gasteiger partial charge in [0.25, 0.3) is 0 Å². The third-order valence-electron chi connectivity index (χ3n) is 3.30. The van der Waals surface area contributed by atoms with Crippen molar-refractivity contribution in [1.29, 1.82) is 0 Å². The van der Waals surface area contributed by atoms with Crippen LogP contribution in [0.2, 0.25) is 0 Å². The number of aromatic nitrogens is 1. The Morgan fingerprint density at radius 2 is 2.24 bits per heavy atom. The summed E-state index contributed by atoms with van der Waals surface area (Å²) in [5.74, 6) is 0.631. The first kappa shape index (κ1) is 12.3. The summed E-state index contributed by atoms with van der Waals surface area (Å²) in [7, 11) is 1.61. The summed E-state index contributed by atoms with van der Waals surface area (Å²) in [4.78, 5) is 4.16. The Balaban J connectivity index is 1.84. The van der Waals surface area contributed by atoms with Gasteiger partial charge in [0.05, 0.1) is 13.2 Å². The summed E-state index contributed by atoms with van der Waals surface area (Å²) < 4.78 is 5.01. The number of hydrogen-bond donors (Lipinski definition) is 2. The van der Waals surface area contributed by atoms with Gasteiger partial charge in [-0.1, -0.05) is 18.9 Å². The Morgan fingerprint density at radius 3 is 2.88 bits per heavy atom. The lowest BCUT2D eigenvalue weighted by Crippen LogP contribution is -2.41. The van der Waals surface area contributed by atoms with Crippen LogP contribution >= 0.6 is 0 Å². The number of nitrogens with one attached hydrogen (secondary N) is 1. The van der Waals surface area contributed by atoms with E-state index in [1.807, 2.05) is 12.1 Å². The molecule has 1 aliphatic rings. The van der Waals surface area contributed by atoms with E-state index in [4.69, 9.17) is 4.74 Å². The molecule has 4 heteroatoms. The van der Waals surface area contributed by atoms with E-state index in [1.54, 1.807) is 13.3 Å². The van der Waals surface area contributed by atoms with Crippen molar-refractivity contribution in [3.63, 3.8) is 0 Å². The first-order valence-electron chi connectivity index (χ1n) is 6.20. The van der Waals surface area contributed by atoms with Crippen LogP contribution in [0.1, 0.15) is 31.2 Å². The molecule has 0 aromatic carbocycles. The van der Waals surface area contributed by atoms with E-state index < -0.39 is 0 Å². The first-order valence-corrected chi connectivity index (χ1v) is 6.20. The van der Waals surface area contributed by atoms with Crippen molar-refractivity contribution in [3.8, 4) is 5.88 Å². The summed E-state index contributed by atoms with van der Waals surface area (Å²) in [5, 5.41) is 13.2. The zero-order valence-corrected chi connectivity index (χ0v) is 10.2. The minimum atomic E-state index is -0.199. The second kappa shape index (κ2) is 5.98. The summed E-state index contributed by atoms with van der Waals surface area (Å²) in [6.07, 6.45) is 5.93. The summed E-state index contributed by atoms with van der Waals surface area (Å²) in [5.41, 5.74) is 1.11. The maximum Gasteiger partial charge on any atom is 0.212 e. The fourth-order valence-electron chi connectivity index (χ4n) is 2.23. The number of aliphatic hydroxyl groups excluding tert-OH is 1. The molecule has 0 bridgehead atoms. The van der Waals surface area contributed by atoms with Crippen LogP contribution in [0.5, 0.6) is 5.88 Å². The molecule has 94 valence electrons. The highest BCUT2D eigenvalue weighted by Gasteiger charge is 2.21. The van der Waals surface area contributed by atoms with Crippen LogP contribution in [0.15, 0.2) is 18.3 Å². The Labute approximate surface area is 102 Å². The molecule has 2 N–H and O–H groups in total. The van der Waals surface area contributed by atoms with E-state index in [0.717, 1.165) is 31.4 Å². The molecule has 2 atom stereocenters. The smallest absolute Gasteiger partial charge is 0.212 e. The van der Waals surface area contributed by atoms with E-state index in [2.05, 4.69) is 10.3 Å². The quantitative estimate of drug-likeness (QED) is 0.831. The average molecular weight is 236 g/mol. The van der Waals surface area contributed by atoms with Gasteiger partial charge in [0, 0.05) is 24.8 Å². The van der Waals surface area contributed by atoms with Crippen LogP contribution in [0.4, 0.5) is 0 Å². The largest absolute Gasteiger partial charge is 0.481 e. The number of nitrogens with zero attached hydrogens (tertiary/aromatic N) is 1. The van der Waals surface area contributed by atoms with Crippen LogP contribution in [0, 0.1) is 0 Å². The highest BCUT2D eigenvalue weighted by Crippen LogP contribution is 2.18. The Bertz CT molecular complexity index is 340. The minimum Gasteiger partial charge on any atom is -0.481 e. The van der Waals surface area contributed by atoms with Crippen molar-refractivity contribution in [1.82, 2.24) is 10.3 Å². The minimum absolute atomic E-state index is 0.199. The van der Waals surface area contributed by atoms with Crippen LogP contribution < -0.4 is 10.1 Å². The molecular formula is C13H20N2O2. The molecule has 1 saturated carbocycles. The Morgan fingerprint density at radius 1 is 1.41 bits per heavy atom. The zero-order chi connectivity index (χ0) is 12.1. The molecule has 2 rings (SSSR count). The number of aliphatic hydroxyl groups is 1. The second-order valence-electron chi connectivity index (χ2n) is 4.55. The topological polar surface area (TPSA) is 54.4 Å². The predicted molar refractivity (Wildman–Crippen MR) is 65.9 cm³/mol. The van der Waals surface area contributed by atoms with Crippen molar-refractivity contribution < 1.29 is 9.84 Å². The van der Waals surface area contributed by atoms with Gasteiger partial charge in [-0.2, -0.15) is 0 Å². The molecule has 1 fully saturated rings. The van der Waals surface area contributed by atoms with E-state index in [0.29, 0.717) is 5.88 Å². The highest BCUT2D eigenvalue weighted by molar-refractivity contribution is 5.17. The summed E-state index contributed by atoms with van der Waals surface area (Å²) in [6, 6.07) is 4.08. The van der Waals surface area contributed by atoms with Gasteiger partial charge in [-0.25, -0.2) is 4.98 Å². The van der Waals surface area contributed by atoms with E-state index >= 15 is 0 Å². The van der Waals surface area contributed by atoms with Gasteiger partial charge in [-0.05, 0) is 18.4 Å². The number of hydrogen-bond acceptors (Lipinski definition) is 4. The third-order valence-corrected chi connectivity index (χ3v) is 3.30. The summed E-state index contributed by atoms with van der Waals surface area (Å²) >= 11 is 0. The van der Waals surface area contributed by atoms with Crippen molar-refractivity contribution in [2.24, 2.45) is 0 Å². The van der Waals surface area contributed by atoms with Gasteiger partial charge in [0.2, 0.25) is 5.88 Å². The molecule has 17 heavy (non-hydrogen) atoms. The standard InChI is InChI=1S/C13H20N2O2/c1-17-13-7-6-10(9-15-13)8-14-11-4-2-3-5-12(11)16/h6-7,9,11-12,14,16H,2-5,8H2,1H3/t11-,12-/m1/s1. The van der Waals surface area contributed by atoms with Crippen LogP contribution in [-0.2, 0) is 6.54 Å². The van der Waals surface area contributed by atoms with Crippen LogP contribution in [0.25, 0.3) is 0 Å². The van der Waals surface area contributed by atoms with Crippen molar-refractivity contribution in [2.45, 2.75) is 44.4 Å². The van der Waals surface area contributed by atoms with Crippen molar-refractivity contribution in [2.75, 3.05) is 7.11 Å². The first-order chi connectivity index (χ1) is 8.29. The van der Waals surface area contributed by atoms with Crippen molar-refractivity contribution >= 4 is 0 Å². The molecule has 4 nitrogen and oxygen atoms in total. The molecule has 0 saturated heterocycles. The monoisotopic (exact) mass is 236 g/mol. The van der Waals surface area contributed by atoms with Gasteiger partial charge in [0.1, 0.15) is 0 Å². The zero-order valence-electron chi connectivity index (χ0n) is 10.2. The predicted octanol–water partition coefficient (Wildman–Crippen LogP) is 1.48. The lowest BCUT2D eigenvalue weighted by Gasteiger charge is -2.28. The SMILES string of the molecule is COc1ccc(CN[C@@H]2CCCC[C@H]2O)cn1. The van der Waals surface area contributed by atoms with Gasteiger partial charge in [0.15, 0.2) is 0 Å². The molecule has 0 unspecified atom stereocenters. The number of rotatable bonds is 4. The van der Waals surface area contributed by atoms with Crippen molar-refractivity contribution in [3.05, 3.63) is 23.9 Å². The van der Waals surface area contributed by atoms with Crippen LogP contribution in [-0.4, -0.2) is 29.3 Å².